The second kappa shape index (κ2) is 4.85. The molecule has 6 nitrogen and oxygen atoms in total. The fourth-order valence-corrected chi connectivity index (χ4v) is 1.86. The maximum Gasteiger partial charge on any atom is 0.242 e. The number of hydrogen-bond donors (Lipinski definition) is 2. The van der Waals surface area contributed by atoms with Crippen molar-refractivity contribution >= 4 is 5.91 Å². The standard InChI is InChI=1S/C11H18N4O2/c1-15-7-9(6-14-15)2-4-13-10(16)11(12)3-5-17-8-11/h6-7H,2-5,8,12H2,1H3,(H,13,16). The molecule has 1 aromatic heterocycles. The summed E-state index contributed by atoms with van der Waals surface area (Å²) < 4.78 is 6.89. The van der Waals surface area contributed by atoms with E-state index < -0.39 is 5.54 Å². The van der Waals surface area contributed by atoms with Crippen LogP contribution >= 0.6 is 0 Å². The maximum absolute atomic E-state index is 11.8. The molecule has 3 N–H and O–H groups in total. The van der Waals surface area contributed by atoms with E-state index in [0.717, 1.165) is 12.0 Å². The van der Waals surface area contributed by atoms with E-state index in [9.17, 15) is 4.79 Å². The van der Waals surface area contributed by atoms with E-state index in [2.05, 4.69) is 10.4 Å². The van der Waals surface area contributed by atoms with Gasteiger partial charge in [-0.3, -0.25) is 9.48 Å². The quantitative estimate of drug-likeness (QED) is 0.719. The van der Waals surface area contributed by atoms with Crippen molar-refractivity contribution in [3.05, 3.63) is 18.0 Å². The summed E-state index contributed by atoms with van der Waals surface area (Å²) in [4.78, 5) is 11.8. The van der Waals surface area contributed by atoms with Crippen LogP contribution in [0.1, 0.15) is 12.0 Å². The minimum absolute atomic E-state index is 0.126. The Morgan fingerprint density at radius 3 is 3.18 bits per heavy atom. The van der Waals surface area contributed by atoms with Crippen molar-refractivity contribution in [1.29, 1.82) is 0 Å². The van der Waals surface area contributed by atoms with E-state index in [4.69, 9.17) is 10.5 Å². The lowest BCUT2D eigenvalue weighted by molar-refractivity contribution is -0.126. The van der Waals surface area contributed by atoms with E-state index in [1.165, 1.54) is 0 Å². The van der Waals surface area contributed by atoms with Crippen molar-refractivity contribution in [2.75, 3.05) is 19.8 Å². The van der Waals surface area contributed by atoms with E-state index in [1.807, 2.05) is 13.2 Å². The summed E-state index contributed by atoms with van der Waals surface area (Å²) >= 11 is 0. The average Bonchev–Trinajstić information content (AvgIpc) is 2.89. The third kappa shape index (κ3) is 2.83. The molecule has 0 spiro atoms. The highest BCUT2D eigenvalue weighted by Crippen LogP contribution is 2.15. The lowest BCUT2D eigenvalue weighted by atomic mass is 9.99. The minimum Gasteiger partial charge on any atom is -0.379 e. The summed E-state index contributed by atoms with van der Waals surface area (Å²) in [5, 5.41) is 6.91. The van der Waals surface area contributed by atoms with Crippen LogP contribution in [-0.2, 0) is 23.0 Å². The Hall–Kier alpha value is -1.40. The Morgan fingerprint density at radius 1 is 1.76 bits per heavy atom. The summed E-state index contributed by atoms with van der Waals surface area (Å²) in [5.74, 6) is -0.126. The number of amides is 1. The van der Waals surface area contributed by atoms with Crippen molar-refractivity contribution in [3.63, 3.8) is 0 Å². The van der Waals surface area contributed by atoms with E-state index in [1.54, 1.807) is 10.9 Å². The number of nitrogens with one attached hydrogen (secondary N) is 1. The van der Waals surface area contributed by atoms with Gasteiger partial charge in [-0.05, 0) is 18.4 Å². The predicted molar refractivity (Wildman–Crippen MR) is 62.3 cm³/mol. The average molecular weight is 238 g/mol. The third-order valence-corrected chi connectivity index (χ3v) is 2.96. The van der Waals surface area contributed by atoms with Gasteiger partial charge in [0.2, 0.25) is 5.91 Å². The minimum atomic E-state index is -0.838. The Morgan fingerprint density at radius 2 is 2.59 bits per heavy atom. The SMILES string of the molecule is Cn1cc(CCNC(=O)C2(N)CCOC2)cn1. The summed E-state index contributed by atoms with van der Waals surface area (Å²) in [6.07, 6.45) is 5.08. The molecule has 1 aliphatic heterocycles. The van der Waals surface area contributed by atoms with Crippen LogP contribution in [0, 0.1) is 0 Å². The molecule has 0 aliphatic carbocycles. The zero-order chi connectivity index (χ0) is 12.3. The number of nitrogens with zero attached hydrogens (tertiary/aromatic N) is 2. The van der Waals surface area contributed by atoms with Gasteiger partial charge in [0.25, 0.3) is 0 Å². The number of aryl methyl sites for hydroxylation is 1. The lowest BCUT2D eigenvalue weighted by Gasteiger charge is -2.20. The van der Waals surface area contributed by atoms with Crippen LogP contribution in [0.15, 0.2) is 12.4 Å². The number of carbonyl (C=O) groups is 1. The molecule has 2 heterocycles. The molecule has 1 fully saturated rings. The maximum atomic E-state index is 11.8. The van der Waals surface area contributed by atoms with Gasteiger partial charge in [-0.25, -0.2) is 0 Å². The van der Waals surface area contributed by atoms with Crippen molar-refractivity contribution in [1.82, 2.24) is 15.1 Å². The number of ether oxygens (including phenoxy) is 1. The molecular weight excluding hydrogens is 220 g/mol. The van der Waals surface area contributed by atoms with Crippen molar-refractivity contribution in [3.8, 4) is 0 Å². The zero-order valence-corrected chi connectivity index (χ0v) is 9.98. The largest absolute Gasteiger partial charge is 0.379 e. The van der Waals surface area contributed by atoms with Gasteiger partial charge in [-0.1, -0.05) is 0 Å². The van der Waals surface area contributed by atoms with Gasteiger partial charge < -0.3 is 15.8 Å². The normalized spacial score (nSPS) is 23.9. The van der Waals surface area contributed by atoms with E-state index >= 15 is 0 Å². The summed E-state index contributed by atoms with van der Waals surface area (Å²) in [5.41, 5.74) is 6.19. The monoisotopic (exact) mass is 238 g/mol. The van der Waals surface area contributed by atoms with Gasteiger partial charge in [0.05, 0.1) is 12.8 Å². The summed E-state index contributed by atoms with van der Waals surface area (Å²) in [6.45, 7) is 1.45. The Labute approximate surface area is 100 Å². The molecule has 1 saturated heterocycles. The molecule has 1 aliphatic rings. The number of rotatable bonds is 4. The van der Waals surface area contributed by atoms with Crippen LogP contribution in [-0.4, -0.2) is 41.0 Å². The van der Waals surface area contributed by atoms with Gasteiger partial charge in [-0.2, -0.15) is 5.10 Å². The highest BCUT2D eigenvalue weighted by molar-refractivity contribution is 5.86. The summed E-state index contributed by atoms with van der Waals surface area (Å²) in [7, 11) is 1.87. The molecule has 0 saturated carbocycles. The van der Waals surface area contributed by atoms with Crippen molar-refractivity contribution in [2.24, 2.45) is 12.8 Å². The number of aromatic nitrogens is 2. The highest BCUT2D eigenvalue weighted by atomic mass is 16.5. The lowest BCUT2D eigenvalue weighted by Crippen LogP contribution is -2.54. The number of hydrogen-bond acceptors (Lipinski definition) is 4. The van der Waals surface area contributed by atoms with Gasteiger partial charge in [0.1, 0.15) is 5.54 Å². The smallest absolute Gasteiger partial charge is 0.242 e. The first-order valence-corrected chi connectivity index (χ1v) is 5.73. The molecule has 0 radical (unpaired) electrons. The summed E-state index contributed by atoms with van der Waals surface area (Å²) in [6, 6.07) is 0. The van der Waals surface area contributed by atoms with E-state index in [0.29, 0.717) is 26.2 Å². The predicted octanol–water partition coefficient (Wildman–Crippen LogP) is -0.803. The zero-order valence-electron chi connectivity index (χ0n) is 9.98. The van der Waals surface area contributed by atoms with Crippen molar-refractivity contribution < 1.29 is 9.53 Å². The van der Waals surface area contributed by atoms with Crippen LogP contribution in [0.25, 0.3) is 0 Å². The second-order valence-corrected chi connectivity index (χ2v) is 4.49. The van der Waals surface area contributed by atoms with E-state index in [-0.39, 0.29) is 5.91 Å². The Bertz CT molecular complexity index is 396. The Kier molecular flexibility index (Phi) is 3.44. The second-order valence-electron chi connectivity index (χ2n) is 4.49. The molecule has 2 rings (SSSR count). The van der Waals surface area contributed by atoms with Crippen LogP contribution in [0.2, 0.25) is 0 Å². The molecule has 1 amide bonds. The van der Waals surface area contributed by atoms with Gasteiger partial charge in [0, 0.05) is 26.4 Å². The molecule has 1 unspecified atom stereocenters. The molecule has 1 atom stereocenters. The fourth-order valence-electron chi connectivity index (χ4n) is 1.86. The molecule has 0 aromatic carbocycles. The molecule has 6 heteroatoms. The van der Waals surface area contributed by atoms with Crippen LogP contribution in [0.5, 0.6) is 0 Å². The first-order valence-electron chi connectivity index (χ1n) is 5.73. The van der Waals surface area contributed by atoms with Gasteiger partial charge in [-0.15, -0.1) is 0 Å². The fraction of sp³-hybridized carbons (Fsp3) is 0.636. The molecule has 1 aromatic rings. The number of nitrogens with two attached hydrogens (primary N) is 1. The molecule has 94 valence electrons. The first kappa shape index (κ1) is 12.1. The van der Waals surface area contributed by atoms with Gasteiger partial charge >= 0.3 is 0 Å². The van der Waals surface area contributed by atoms with Crippen LogP contribution < -0.4 is 11.1 Å². The molecular formula is C11H18N4O2. The first-order chi connectivity index (χ1) is 8.10. The topological polar surface area (TPSA) is 82.2 Å². The van der Waals surface area contributed by atoms with Crippen LogP contribution in [0.4, 0.5) is 0 Å². The van der Waals surface area contributed by atoms with Crippen molar-refractivity contribution in [2.45, 2.75) is 18.4 Å². The van der Waals surface area contributed by atoms with Crippen LogP contribution in [0.3, 0.4) is 0 Å². The number of carbonyl (C=O) groups excluding carboxylic acids is 1. The molecule has 0 bridgehead atoms. The molecule has 17 heavy (non-hydrogen) atoms. The Balaban J connectivity index is 1.77. The highest BCUT2D eigenvalue weighted by Gasteiger charge is 2.37. The third-order valence-electron chi connectivity index (χ3n) is 2.96. The van der Waals surface area contributed by atoms with Gasteiger partial charge in [0.15, 0.2) is 0 Å².